The van der Waals surface area contributed by atoms with Crippen LogP contribution in [0.3, 0.4) is 0 Å². The summed E-state index contributed by atoms with van der Waals surface area (Å²) < 4.78 is 10.7. The summed E-state index contributed by atoms with van der Waals surface area (Å²) in [6, 6.07) is 12.3. The fourth-order valence-corrected chi connectivity index (χ4v) is 3.63. The Balaban J connectivity index is 1.87. The van der Waals surface area contributed by atoms with Crippen LogP contribution in [0.2, 0.25) is 0 Å². The Kier molecular flexibility index (Phi) is 6.47. The van der Waals surface area contributed by atoms with Crippen molar-refractivity contribution in [2.24, 2.45) is 0 Å². The maximum atomic E-state index is 5.41. The number of H-pyrrole nitrogens is 1. The summed E-state index contributed by atoms with van der Waals surface area (Å²) in [7, 11) is 7.56. The van der Waals surface area contributed by atoms with Crippen molar-refractivity contribution in [2.75, 3.05) is 40.2 Å². The number of aromatic nitrogens is 1. The molecule has 0 radical (unpaired) electrons. The van der Waals surface area contributed by atoms with Crippen LogP contribution in [-0.2, 0) is 0 Å². The first-order valence-corrected chi connectivity index (χ1v) is 9.80. The van der Waals surface area contributed by atoms with E-state index in [9.17, 15) is 0 Å². The van der Waals surface area contributed by atoms with Gasteiger partial charge in [0.1, 0.15) is 0 Å². The Morgan fingerprint density at radius 1 is 1.00 bits per heavy atom. The van der Waals surface area contributed by atoms with Crippen molar-refractivity contribution in [3.05, 3.63) is 48.2 Å². The van der Waals surface area contributed by atoms with Crippen molar-refractivity contribution in [2.45, 2.75) is 25.7 Å². The van der Waals surface area contributed by atoms with Gasteiger partial charge in [-0.15, -0.1) is 0 Å². The highest BCUT2D eigenvalue weighted by Gasteiger charge is 2.15. The zero-order valence-electron chi connectivity index (χ0n) is 17.5. The highest BCUT2D eigenvalue weighted by atomic mass is 16.5. The van der Waals surface area contributed by atoms with Crippen LogP contribution in [0.5, 0.6) is 11.5 Å². The summed E-state index contributed by atoms with van der Waals surface area (Å²) >= 11 is 0. The monoisotopic (exact) mass is 381 g/mol. The molecule has 2 aromatic carbocycles. The lowest BCUT2D eigenvalue weighted by molar-refractivity contribution is 0.355. The second-order valence-corrected chi connectivity index (χ2v) is 7.40. The molecule has 1 heterocycles. The van der Waals surface area contributed by atoms with Crippen molar-refractivity contribution in [3.8, 4) is 11.5 Å². The Bertz CT molecular complexity index is 917. The quantitative estimate of drug-likeness (QED) is 0.523. The highest BCUT2D eigenvalue weighted by Crippen LogP contribution is 2.34. The molecule has 0 spiro atoms. The molecule has 0 fully saturated rings. The molecule has 3 rings (SSSR count). The van der Waals surface area contributed by atoms with Crippen LogP contribution in [0.15, 0.2) is 42.6 Å². The molecule has 2 N–H and O–H groups in total. The van der Waals surface area contributed by atoms with E-state index >= 15 is 0 Å². The Hall–Kier alpha value is -2.66. The number of benzene rings is 2. The van der Waals surface area contributed by atoms with Gasteiger partial charge < -0.3 is 24.7 Å². The fourth-order valence-electron chi connectivity index (χ4n) is 3.63. The molecule has 0 aliphatic rings. The van der Waals surface area contributed by atoms with E-state index in [4.69, 9.17) is 9.47 Å². The van der Waals surface area contributed by atoms with Gasteiger partial charge in [0.15, 0.2) is 11.5 Å². The van der Waals surface area contributed by atoms with Crippen molar-refractivity contribution >= 4 is 22.3 Å². The molecule has 1 aromatic heterocycles. The summed E-state index contributed by atoms with van der Waals surface area (Å²) in [4.78, 5) is 5.69. The summed E-state index contributed by atoms with van der Waals surface area (Å²) in [5, 5.41) is 4.78. The zero-order valence-corrected chi connectivity index (χ0v) is 17.5. The standard InChI is InChI=1S/C23H31N3O2/c1-6-16(11-12-26(2)3)20-15-24-21-9-7-17(13-19(20)21)25-18-8-10-22(27-4)23(14-18)28-5/h7-10,13-16,24-25H,6,11-12H2,1-5H3. The second kappa shape index (κ2) is 9.02. The van der Waals surface area contributed by atoms with E-state index in [0.717, 1.165) is 36.5 Å². The van der Waals surface area contributed by atoms with Gasteiger partial charge in [-0.2, -0.15) is 0 Å². The van der Waals surface area contributed by atoms with Crippen LogP contribution in [0.1, 0.15) is 31.2 Å². The largest absolute Gasteiger partial charge is 0.493 e. The molecule has 5 nitrogen and oxygen atoms in total. The minimum Gasteiger partial charge on any atom is -0.493 e. The predicted octanol–water partition coefficient (Wildman–Crippen LogP) is 5.37. The van der Waals surface area contributed by atoms with Crippen molar-refractivity contribution in [1.82, 2.24) is 9.88 Å². The van der Waals surface area contributed by atoms with Crippen LogP contribution < -0.4 is 14.8 Å². The van der Waals surface area contributed by atoms with Gasteiger partial charge in [-0.3, -0.25) is 0 Å². The molecule has 0 saturated carbocycles. The van der Waals surface area contributed by atoms with E-state index in [-0.39, 0.29) is 0 Å². The van der Waals surface area contributed by atoms with Gasteiger partial charge >= 0.3 is 0 Å². The molecule has 150 valence electrons. The van der Waals surface area contributed by atoms with Gasteiger partial charge in [-0.05, 0) is 75.3 Å². The molecular weight excluding hydrogens is 350 g/mol. The molecule has 1 atom stereocenters. The lowest BCUT2D eigenvalue weighted by atomic mass is 9.92. The van der Waals surface area contributed by atoms with E-state index in [1.807, 2.05) is 18.2 Å². The zero-order chi connectivity index (χ0) is 20.1. The average molecular weight is 382 g/mol. The third-order valence-corrected chi connectivity index (χ3v) is 5.24. The van der Waals surface area contributed by atoms with Gasteiger partial charge in [-0.1, -0.05) is 6.92 Å². The number of rotatable bonds is 9. The van der Waals surface area contributed by atoms with Crippen LogP contribution >= 0.6 is 0 Å². The van der Waals surface area contributed by atoms with Crippen molar-refractivity contribution in [3.63, 3.8) is 0 Å². The number of fused-ring (bicyclic) bond motifs is 1. The molecule has 1 unspecified atom stereocenters. The molecule has 0 bridgehead atoms. The van der Waals surface area contributed by atoms with Gasteiger partial charge in [0.05, 0.1) is 14.2 Å². The maximum Gasteiger partial charge on any atom is 0.162 e. The van der Waals surface area contributed by atoms with Gasteiger partial charge in [0, 0.05) is 34.5 Å². The molecule has 0 saturated heterocycles. The fraction of sp³-hybridized carbons (Fsp3) is 0.391. The lowest BCUT2D eigenvalue weighted by Crippen LogP contribution is -2.15. The van der Waals surface area contributed by atoms with Crippen molar-refractivity contribution in [1.29, 1.82) is 0 Å². The topological polar surface area (TPSA) is 49.5 Å². The first kappa shape index (κ1) is 20.1. The summed E-state index contributed by atoms with van der Waals surface area (Å²) in [5.41, 5.74) is 4.60. The molecule has 0 aliphatic heterocycles. The van der Waals surface area contributed by atoms with E-state index in [0.29, 0.717) is 11.7 Å². The summed E-state index contributed by atoms with van der Waals surface area (Å²) in [6.45, 7) is 3.36. The number of ether oxygens (including phenoxy) is 2. The number of methoxy groups -OCH3 is 2. The summed E-state index contributed by atoms with van der Waals surface area (Å²) in [5.74, 6) is 1.99. The predicted molar refractivity (Wildman–Crippen MR) is 117 cm³/mol. The second-order valence-electron chi connectivity index (χ2n) is 7.40. The summed E-state index contributed by atoms with van der Waals surface area (Å²) in [6.07, 6.45) is 4.46. The van der Waals surface area contributed by atoms with Crippen molar-refractivity contribution < 1.29 is 9.47 Å². The van der Waals surface area contributed by atoms with Crippen LogP contribution in [-0.4, -0.2) is 44.7 Å². The first-order chi connectivity index (χ1) is 13.5. The van der Waals surface area contributed by atoms with E-state index in [1.54, 1.807) is 14.2 Å². The van der Waals surface area contributed by atoms with E-state index in [2.05, 4.69) is 60.6 Å². The number of hydrogen-bond donors (Lipinski definition) is 2. The third-order valence-electron chi connectivity index (χ3n) is 5.24. The minimum absolute atomic E-state index is 0.549. The molecule has 3 aromatic rings. The van der Waals surface area contributed by atoms with E-state index < -0.39 is 0 Å². The van der Waals surface area contributed by atoms with Gasteiger partial charge in [0.2, 0.25) is 0 Å². The normalized spacial score (nSPS) is 12.4. The Labute approximate surface area is 167 Å². The number of hydrogen-bond acceptors (Lipinski definition) is 4. The number of anilines is 2. The van der Waals surface area contributed by atoms with Crippen LogP contribution in [0, 0.1) is 0 Å². The van der Waals surface area contributed by atoms with Crippen LogP contribution in [0.4, 0.5) is 11.4 Å². The SMILES string of the molecule is CCC(CCN(C)C)c1c[nH]c2ccc(Nc3ccc(OC)c(OC)c3)cc12. The Morgan fingerprint density at radius 3 is 2.39 bits per heavy atom. The molecular formula is C23H31N3O2. The molecule has 0 amide bonds. The number of nitrogens with one attached hydrogen (secondary N) is 2. The molecule has 28 heavy (non-hydrogen) atoms. The number of nitrogens with zero attached hydrogens (tertiary/aromatic N) is 1. The highest BCUT2D eigenvalue weighted by molar-refractivity contribution is 5.87. The smallest absolute Gasteiger partial charge is 0.162 e. The maximum absolute atomic E-state index is 5.41. The lowest BCUT2D eigenvalue weighted by Gasteiger charge is -2.18. The molecule has 0 aliphatic carbocycles. The minimum atomic E-state index is 0.549. The van der Waals surface area contributed by atoms with Crippen LogP contribution in [0.25, 0.3) is 10.9 Å². The number of aromatic amines is 1. The average Bonchev–Trinajstić information content (AvgIpc) is 3.11. The van der Waals surface area contributed by atoms with Gasteiger partial charge in [0.25, 0.3) is 0 Å². The van der Waals surface area contributed by atoms with E-state index in [1.165, 1.54) is 16.5 Å². The third kappa shape index (κ3) is 4.42. The molecule has 5 heteroatoms. The Morgan fingerprint density at radius 2 is 1.71 bits per heavy atom. The first-order valence-electron chi connectivity index (χ1n) is 9.80. The van der Waals surface area contributed by atoms with Gasteiger partial charge in [-0.25, -0.2) is 0 Å².